The second kappa shape index (κ2) is 7.73. The molecule has 0 saturated carbocycles. The Morgan fingerprint density at radius 3 is 2.50 bits per heavy atom. The molecule has 0 amide bonds. The van der Waals surface area contributed by atoms with Gasteiger partial charge in [-0.25, -0.2) is 13.1 Å². The molecule has 1 atom stereocenters. The van der Waals surface area contributed by atoms with E-state index >= 15 is 0 Å². The van der Waals surface area contributed by atoms with Crippen LogP contribution in [0.15, 0.2) is 0 Å². The quantitative estimate of drug-likeness (QED) is 0.715. The summed E-state index contributed by atoms with van der Waals surface area (Å²) in [4.78, 5) is 0. The largest absolute Gasteiger partial charge is 0.375 e. The van der Waals surface area contributed by atoms with Crippen molar-refractivity contribution in [3.8, 4) is 0 Å². The van der Waals surface area contributed by atoms with Crippen LogP contribution >= 0.6 is 0 Å². The Balaban J connectivity index is 2.50. The molecule has 120 valence electrons. The van der Waals surface area contributed by atoms with Crippen molar-refractivity contribution < 1.29 is 13.2 Å². The maximum absolute atomic E-state index is 12.1. The molecule has 0 aromatic rings. The average Bonchev–Trinajstić information content (AvgIpc) is 2.37. The van der Waals surface area contributed by atoms with Gasteiger partial charge < -0.3 is 10.1 Å². The van der Waals surface area contributed by atoms with Gasteiger partial charge in [-0.2, -0.15) is 0 Å². The van der Waals surface area contributed by atoms with E-state index in [4.69, 9.17) is 4.74 Å². The first-order chi connectivity index (χ1) is 9.32. The second-order valence-electron chi connectivity index (χ2n) is 5.97. The van der Waals surface area contributed by atoms with Gasteiger partial charge in [-0.15, -0.1) is 0 Å². The summed E-state index contributed by atoms with van der Waals surface area (Å²) in [5.41, 5.74) is -0.151. The molecule has 6 heteroatoms. The van der Waals surface area contributed by atoms with E-state index in [1.165, 1.54) is 0 Å². The predicted molar refractivity (Wildman–Crippen MR) is 82.3 cm³/mol. The van der Waals surface area contributed by atoms with Gasteiger partial charge in [0.15, 0.2) is 0 Å². The number of sulfonamides is 1. The van der Waals surface area contributed by atoms with Crippen LogP contribution in [0.4, 0.5) is 0 Å². The summed E-state index contributed by atoms with van der Waals surface area (Å²) in [5, 5.41) is 3.13. The van der Waals surface area contributed by atoms with Gasteiger partial charge in [0.25, 0.3) is 0 Å². The summed E-state index contributed by atoms with van der Waals surface area (Å²) >= 11 is 0. The van der Waals surface area contributed by atoms with Crippen LogP contribution in [0.5, 0.6) is 0 Å². The summed E-state index contributed by atoms with van der Waals surface area (Å²) < 4.78 is 32.9. The lowest BCUT2D eigenvalue weighted by atomic mass is 9.86. The minimum atomic E-state index is -3.21. The van der Waals surface area contributed by atoms with Crippen molar-refractivity contribution in [1.29, 1.82) is 0 Å². The zero-order valence-corrected chi connectivity index (χ0v) is 14.1. The highest BCUT2D eigenvalue weighted by molar-refractivity contribution is 7.89. The normalized spacial score (nSPS) is 23.1. The summed E-state index contributed by atoms with van der Waals surface area (Å²) in [5.74, 6) is 0.133. The predicted octanol–water partition coefficient (Wildman–Crippen LogP) is 1.64. The third kappa shape index (κ3) is 5.68. The van der Waals surface area contributed by atoms with E-state index in [1.807, 2.05) is 13.8 Å². The highest BCUT2D eigenvalue weighted by Gasteiger charge is 2.35. The van der Waals surface area contributed by atoms with Gasteiger partial charge in [-0.3, -0.25) is 0 Å². The fraction of sp³-hybridized carbons (Fsp3) is 1.00. The first kappa shape index (κ1) is 17.9. The van der Waals surface area contributed by atoms with Crippen molar-refractivity contribution in [2.24, 2.45) is 0 Å². The lowest BCUT2D eigenvalue weighted by Gasteiger charge is -2.40. The van der Waals surface area contributed by atoms with Gasteiger partial charge >= 0.3 is 0 Å². The number of nitrogens with one attached hydrogen (secondary N) is 2. The number of rotatable bonds is 8. The van der Waals surface area contributed by atoms with Crippen LogP contribution in [-0.2, 0) is 14.8 Å². The van der Waals surface area contributed by atoms with Gasteiger partial charge in [-0.1, -0.05) is 27.7 Å². The van der Waals surface area contributed by atoms with E-state index in [1.54, 1.807) is 0 Å². The first-order valence-corrected chi connectivity index (χ1v) is 9.35. The van der Waals surface area contributed by atoms with E-state index in [0.717, 1.165) is 25.7 Å². The van der Waals surface area contributed by atoms with Crippen molar-refractivity contribution in [3.63, 3.8) is 0 Å². The first-order valence-electron chi connectivity index (χ1n) is 7.70. The number of ether oxygens (including phenoxy) is 1. The Labute approximate surface area is 123 Å². The second-order valence-corrected chi connectivity index (χ2v) is 7.85. The van der Waals surface area contributed by atoms with Gasteiger partial charge in [0.05, 0.1) is 11.4 Å². The third-order valence-corrected chi connectivity index (χ3v) is 5.49. The summed E-state index contributed by atoms with van der Waals surface area (Å²) in [7, 11) is -3.21. The molecule has 0 spiro atoms. The van der Waals surface area contributed by atoms with Crippen molar-refractivity contribution in [3.05, 3.63) is 0 Å². The average molecular weight is 306 g/mol. The van der Waals surface area contributed by atoms with E-state index in [0.29, 0.717) is 19.2 Å². The fourth-order valence-corrected chi connectivity index (χ4v) is 3.88. The van der Waals surface area contributed by atoms with Crippen LogP contribution in [0.3, 0.4) is 0 Å². The van der Waals surface area contributed by atoms with E-state index in [9.17, 15) is 8.42 Å². The standard InChI is InChI=1S/C14H30N2O3S/c1-5-14(6-2)11-13(7-9-19-14)16-20(17,18)10-8-15-12(3)4/h12-13,15-16H,5-11H2,1-4H3. The SMILES string of the molecule is CCC1(CC)CC(NS(=O)(=O)CCNC(C)C)CCO1. The third-order valence-electron chi connectivity index (χ3n) is 4.05. The highest BCUT2D eigenvalue weighted by atomic mass is 32.2. The van der Waals surface area contributed by atoms with Crippen molar-refractivity contribution in [2.45, 2.75) is 71.1 Å². The fourth-order valence-electron chi connectivity index (χ4n) is 2.67. The smallest absolute Gasteiger partial charge is 0.213 e. The van der Waals surface area contributed by atoms with Crippen LogP contribution < -0.4 is 10.0 Å². The molecule has 1 heterocycles. The molecule has 1 aliphatic rings. The Morgan fingerprint density at radius 1 is 1.30 bits per heavy atom. The molecule has 0 radical (unpaired) electrons. The zero-order valence-electron chi connectivity index (χ0n) is 13.2. The van der Waals surface area contributed by atoms with E-state index in [2.05, 4.69) is 23.9 Å². The number of hydrogen-bond donors (Lipinski definition) is 2. The summed E-state index contributed by atoms with van der Waals surface area (Å²) in [6.45, 7) is 9.35. The molecule has 0 aromatic heterocycles. The Kier molecular flexibility index (Phi) is 6.91. The lowest BCUT2D eigenvalue weighted by Crippen LogP contribution is -2.49. The maximum Gasteiger partial charge on any atom is 0.213 e. The van der Waals surface area contributed by atoms with Crippen LogP contribution in [0.2, 0.25) is 0 Å². The van der Waals surface area contributed by atoms with Gasteiger partial charge in [0.1, 0.15) is 0 Å². The van der Waals surface area contributed by atoms with Crippen LogP contribution in [-0.4, -0.2) is 45.0 Å². The molecule has 1 unspecified atom stereocenters. The molecule has 0 aromatic carbocycles. The summed E-state index contributed by atoms with van der Waals surface area (Å²) in [6, 6.07) is 0.314. The molecule has 0 bridgehead atoms. The molecule has 1 rings (SSSR count). The molecule has 1 fully saturated rings. The molecule has 1 aliphatic heterocycles. The van der Waals surface area contributed by atoms with E-state index < -0.39 is 10.0 Å². The molecule has 20 heavy (non-hydrogen) atoms. The lowest BCUT2D eigenvalue weighted by molar-refractivity contribution is -0.0905. The minimum absolute atomic E-state index is 0.00713. The topological polar surface area (TPSA) is 67.4 Å². The molecule has 0 aliphatic carbocycles. The van der Waals surface area contributed by atoms with Crippen LogP contribution in [0, 0.1) is 0 Å². The molecular weight excluding hydrogens is 276 g/mol. The van der Waals surface area contributed by atoms with Gasteiger partial charge in [0, 0.05) is 25.2 Å². The van der Waals surface area contributed by atoms with Crippen molar-refractivity contribution in [1.82, 2.24) is 10.0 Å². The Hall–Kier alpha value is -0.170. The maximum atomic E-state index is 12.1. The summed E-state index contributed by atoms with van der Waals surface area (Å²) in [6.07, 6.45) is 3.39. The van der Waals surface area contributed by atoms with Crippen molar-refractivity contribution in [2.75, 3.05) is 18.9 Å². The van der Waals surface area contributed by atoms with Crippen LogP contribution in [0.25, 0.3) is 0 Å². The Bertz CT molecular complexity index is 378. The number of hydrogen-bond acceptors (Lipinski definition) is 4. The molecular formula is C14H30N2O3S. The van der Waals surface area contributed by atoms with E-state index in [-0.39, 0.29) is 17.4 Å². The Morgan fingerprint density at radius 2 is 1.95 bits per heavy atom. The van der Waals surface area contributed by atoms with Crippen molar-refractivity contribution >= 4 is 10.0 Å². The minimum Gasteiger partial charge on any atom is -0.375 e. The zero-order chi connectivity index (χ0) is 15.2. The van der Waals surface area contributed by atoms with Gasteiger partial charge in [0.2, 0.25) is 10.0 Å². The van der Waals surface area contributed by atoms with Gasteiger partial charge in [-0.05, 0) is 25.7 Å². The highest BCUT2D eigenvalue weighted by Crippen LogP contribution is 2.31. The molecule has 1 saturated heterocycles. The van der Waals surface area contributed by atoms with Crippen LogP contribution in [0.1, 0.15) is 53.4 Å². The monoisotopic (exact) mass is 306 g/mol. The molecule has 2 N–H and O–H groups in total. The molecule has 5 nitrogen and oxygen atoms in total.